The van der Waals surface area contributed by atoms with E-state index in [1.54, 1.807) is 32.4 Å². The summed E-state index contributed by atoms with van der Waals surface area (Å²) in [5.74, 6) is 1.31. The summed E-state index contributed by atoms with van der Waals surface area (Å²) in [6.45, 7) is 0. The second-order valence-corrected chi connectivity index (χ2v) is 6.59. The number of ether oxygens (including phenoxy) is 2. The lowest BCUT2D eigenvalue weighted by molar-refractivity contribution is 0.415. The van der Waals surface area contributed by atoms with E-state index in [2.05, 4.69) is 21.6 Å². The molecule has 3 aromatic rings. The van der Waals surface area contributed by atoms with E-state index in [0.29, 0.717) is 21.5 Å². The highest BCUT2D eigenvalue weighted by atomic mass is 35.5. The molecule has 8 heteroatoms. The smallest absolute Gasteiger partial charge is 0.196 e. The molecule has 0 unspecified atom stereocenters. The molecule has 0 atom stereocenters. The number of aromatic nitrogens is 1. The molecular formula is C19H15ClN4O2S. The summed E-state index contributed by atoms with van der Waals surface area (Å²) in [5, 5.41) is 16.5. The molecule has 0 saturated carbocycles. The van der Waals surface area contributed by atoms with Gasteiger partial charge in [0.15, 0.2) is 10.7 Å². The Bertz CT molecular complexity index is 1030. The van der Waals surface area contributed by atoms with E-state index in [-0.39, 0.29) is 5.71 Å². The fourth-order valence-electron chi connectivity index (χ4n) is 2.30. The number of benzene rings is 2. The van der Waals surface area contributed by atoms with E-state index >= 15 is 0 Å². The molecule has 0 amide bonds. The normalized spacial score (nSPS) is 11.0. The second-order valence-electron chi connectivity index (χ2n) is 5.30. The van der Waals surface area contributed by atoms with Crippen LogP contribution in [0, 0.1) is 11.3 Å². The monoisotopic (exact) mass is 398 g/mol. The molecule has 0 bridgehead atoms. The van der Waals surface area contributed by atoms with Crippen molar-refractivity contribution in [2.24, 2.45) is 5.10 Å². The van der Waals surface area contributed by atoms with Crippen LogP contribution < -0.4 is 14.9 Å². The summed E-state index contributed by atoms with van der Waals surface area (Å²) in [6, 6.07) is 14.7. The van der Waals surface area contributed by atoms with Crippen LogP contribution in [0.5, 0.6) is 11.5 Å². The number of anilines is 1. The van der Waals surface area contributed by atoms with Crippen LogP contribution in [-0.4, -0.2) is 24.9 Å². The highest BCUT2D eigenvalue weighted by molar-refractivity contribution is 7.12. The Labute approximate surface area is 165 Å². The predicted octanol–water partition coefficient (Wildman–Crippen LogP) is 4.82. The molecule has 0 aliphatic rings. The Morgan fingerprint density at radius 3 is 2.81 bits per heavy atom. The molecule has 27 heavy (non-hydrogen) atoms. The average molecular weight is 399 g/mol. The van der Waals surface area contributed by atoms with Gasteiger partial charge in [-0.05, 0) is 30.3 Å². The van der Waals surface area contributed by atoms with Crippen molar-refractivity contribution < 1.29 is 9.47 Å². The van der Waals surface area contributed by atoms with Crippen LogP contribution in [-0.2, 0) is 0 Å². The molecule has 2 aromatic carbocycles. The molecule has 0 radical (unpaired) electrons. The summed E-state index contributed by atoms with van der Waals surface area (Å²) < 4.78 is 10.5. The maximum absolute atomic E-state index is 9.47. The number of rotatable bonds is 6. The number of nitriles is 1. The van der Waals surface area contributed by atoms with Crippen LogP contribution in [0.15, 0.2) is 52.9 Å². The topological polar surface area (TPSA) is 79.5 Å². The number of methoxy groups -OCH3 is 2. The first-order chi connectivity index (χ1) is 13.1. The second kappa shape index (κ2) is 8.54. The molecule has 0 spiro atoms. The zero-order valence-electron chi connectivity index (χ0n) is 14.6. The number of thiazole rings is 1. The van der Waals surface area contributed by atoms with Crippen LogP contribution >= 0.6 is 22.9 Å². The Balaban J connectivity index is 1.86. The van der Waals surface area contributed by atoms with Crippen molar-refractivity contribution in [2.45, 2.75) is 0 Å². The van der Waals surface area contributed by atoms with Crippen molar-refractivity contribution in [1.82, 2.24) is 4.98 Å². The third-order valence-electron chi connectivity index (χ3n) is 3.63. The fourth-order valence-corrected chi connectivity index (χ4v) is 3.24. The Morgan fingerprint density at radius 2 is 2.07 bits per heavy atom. The van der Waals surface area contributed by atoms with E-state index in [1.807, 2.05) is 29.6 Å². The van der Waals surface area contributed by atoms with Gasteiger partial charge in [0.2, 0.25) is 0 Å². The van der Waals surface area contributed by atoms with E-state index < -0.39 is 0 Å². The van der Waals surface area contributed by atoms with E-state index in [0.717, 1.165) is 17.0 Å². The van der Waals surface area contributed by atoms with Gasteiger partial charge in [0, 0.05) is 16.0 Å². The first kappa shape index (κ1) is 18.7. The van der Waals surface area contributed by atoms with Crippen LogP contribution in [0.25, 0.3) is 11.3 Å². The number of hydrogen-bond donors (Lipinski definition) is 1. The van der Waals surface area contributed by atoms with Gasteiger partial charge in [0.05, 0.1) is 25.6 Å². The van der Waals surface area contributed by atoms with Gasteiger partial charge in [0.25, 0.3) is 0 Å². The number of nitrogens with zero attached hydrogens (tertiary/aromatic N) is 3. The number of hydrazone groups is 1. The number of halogens is 1. The quantitative estimate of drug-likeness (QED) is 0.475. The van der Waals surface area contributed by atoms with Gasteiger partial charge in [0.1, 0.15) is 17.6 Å². The van der Waals surface area contributed by atoms with Gasteiger partial charge >= 0.3 is 0 Å². The summed E-state index contributed by atoms with van der Waals surface area (Å²) in [4.78, 5) is 4.51. The van der Waals surface area contributed by atoms with Crippen molar-refractivity contribution in [2.75, 3.05) is 19.6 Å². The Kier molecular flexibility index (Phi) is 5.91. The molecule has 1 N–H and O–H groups in total. The van der Waals surface area contributed by atoms with E-state index in [9.17, 15) is 5.26 Å². The third-order valence-corrected chi connectivity index (χ3v) is 4.71. The number of nitrogens with one attached hydrogen (secondary N) is 1. The van der Waals surface area contributed by atoms with Crippen molar-refractivity contribution >= 4 is 34.3 Å². The van der Waals surface area contributed by atoms with E-state index in [1.165, 1.54) is 11.3 Å². The van der Waals surface area contributed by atoms with Gasteiger partial charge in [-0.1, -0.05) is 23.7 Å². The third kappa shape index (κ3) is 4.37. The largest absolute Gasteiger partial charge is 0.497 e. The Hall–Kier alpha value is -3.08. The molecule has 6 nitrogen and oxygen atoms in total. The summed E-state index contributed by atoms with van der Waals surface area (Å²) in [5.41, 5.74) is 5.19. The van der Waals surface area contributed by atoms with Crippen molar-refractivity contribution in [3.8, 4) is 28.8 Å². The lowest BCUT2D eigenvalue weighted by Crippen LogP contribution is -2.02. The lowest BCUT2D eigenvalue weighted by atomic mass is 10.2. The van der Waals surface area contributed by atoms with Gasteiger partial charge in [-0.15, -0.1) is 11.3 Å². The van der Waals surface area contributed by atoms with Crippen molar-refractivity contribution in [3.63, 3.8) is 0 Å². The van der Waals surface area contributed by atoms with Gasteiger partial charge < -0.3 is 9.47 Å². The molecule has 0 aliphatic heterocycles. The molecule has 3 rings (SSSR count). The van der Waals surface area contributed by atoms with Crippen molar-refractivity contribution in [1.29, 1.82) is 5.26 Å². The SMILES string of the molecule is COc1cccc(-c2csc(/C(C#N)=N/Nc3cc(Cl)ccc3OC)n2)c1. The molecular weight excluding hydrogens is 384 g/mol. The van der Waals surface area contributed by atoms with Crippen LogP contribution in [0.3, 0.4) is 0 Å². The molecule has 1 heterocycles. The minimum absolute atomic E-state index is 0.163. The maximum atomic E-state index is 9.47. The predicted molar refractivity (Wildman–Crippen MR) is 108 cm³/mol. The number of hydrogen-bond acceptors (Lipinski definition) is 7. The maximum Gasteiger partial charge on any atom is 0.196 e. The summed E-state index contributed by atoms with van der Waals surface area (Å²) in [7, 11) is 3.16. The van der Waals surface area contributed by atoms with Crippen LogP contribution in [0.1, 0.15) is 5.01 Å². The highest BCUT2D eigenvalue weighted by Crippen LogP contribution is 2.28. The van der Waals surface area contributed by atoms with Gasteiger partial charge in [-0.3, -0.25) is 5.43 Å². The zero-order chi connectivity index (χ0) is 19.2. The van der Waals surface area contributed by atoms with E-state index in [4.69, 9.17) is 21.1 Å². The molecule has 0 saturated heterocycles. The average Bonchev–Trinajstić information content (AvgIpc) is 3.19. The fraction of sp³-hybridized carbons (Fsp3) is 0.105. The minimum atomic E-state index is 0.163. The Morgan fingerprint density at radius 1 is 1.22 bits per heavy atom. The first-order valence-corrected chi connectivity index (χ1v) is 9.08. The summed E-state index contributed by atoms with van der Waals surface area (Å²) >= 11 is 7.34. The summed E-state index contributed by atoms with van der Waals surface area (Å²) in [6.07, 6.45) is 0. The van der Waals surface area contributed by atoms with Crippen molar-refractivity contribution in [3.05, 3.63) is 57.9 Å². The van der Waals surface area contributed by atoms with Crippen LogP contribution in [0.4, 0.5) is 5.69 Å². The molecule has 0 fully saturated rings. The zero-order valence-corrected chi connectivity index (χ0v) is 16.1. The van der Waals surface area contributed by atoms with Gasteiger partial charge in [-0.2, -0.15) is 10.4 Å². The highest BCUT2D eigenvalue weighted by Gasteiger charge is 2.12. The first-order valence-electron chi connectivity index (χ1n) is 7.82. The molecule has 136 valence electrons. The molecule has 1 aromatic heterocycles. The van der Waals surface area contributed by atoms with Crippen LogP contribution in [0.2, 0.25) is 5.02 Å². The minimum Gasteiger partial charge on any atom is -0.497 e. The molecule has 0 aliphatic carbocycles. The van der Waals surface area contributed by atoms with Gasteiger partial charge in [-0.25, -0.2) is 4.98 Å². The standard InChI is InChI=1S/C19H15ClN4O2S/c1-25-14-5-3-4-12(8-14)17-11-27-19(22-17)16(10-21)24-23-15-9-13(20)6-7-18(15)26-2/h3-9,11,23H,1-2H3/b24-16+. The lowest BCUT2D eigenvalue weighted by Gasteiger charge is -2.07.